The summed E-state index contributed by atoms with van der Waals surface area (Å²) in [6.07, 6.45) is 3.83. The Hall–Kier alpha value is -2.90. The number of nitrogens with zero attached hydrogens (tertiary/aromatic N) is 3. The molecule has 0 saturated carbocycles. The van der Waals surface area contributed by atoms with E-state index in [1.807, 2.05) is 61.2 Å². The Morgan fingerprint density at radius 2 is 1.91 bits per heavy atom. The van der Waals surface area contributed by atoms with Crippen molar-refractivity contribution in [2.45, 2.75) is 43.9 Å². The number of pyridine rings is 1. The number of aromatic nitrogens is 2. The fraction of sp³-hybridized carbons (Fsp3) is 0.269. The molecule has 0 fully saturated rings. The highest BCUT2D eigenvalue weighted by atomic mass is 32.2. The lowest BCUT2D eigenvalue weighted by atomic mass is 10.1. The monoisotopic (exact) mass is 477 g/mol. The van der Waals surface area contributed by atoms with Gasteiger partial charge in [-0.05, 0) is 48.4 Å². The molecule has 0 saturated heterocycles. The zero-order valence-electron chi connectivity index (χ0n) is 19.0. The predicted molar refractivity (Wildman–Crippen MR) is 137 cm³/mol. The molecule has 0 spiro atoms. The summed E-state index contributed by atoms with van der Waals surface area (Å²) < 4.78 is 6.75. The molecule has 0 radical (unpaired) electrons. The number of benzene rings is 2. The Morgan fingerprint density at radius 1 is 1.09 bits per heavy atom. The highest BCUT2D eigenvalue weighted by Crippen LogP contribution is 2.35. The minimum absolute atomic E-state index is 0.000122. The second-order valence-electron chi connectivity index (χ2n) is 7.86. The van der Waals surface area contributed by atoms with Gasteiger partial charge in [0.15, 0.2) is 5.13 Å². The maximum absolute atomic E-state index is 13.5. The van der Waals surface area contributed by atoms with E-state index < -0.39 is 0 Å². The Balaban J connectivity index is 1.63. The Morgan fingerprint density at radius 3 is 2.61 bits per heavy atom. The van der Waals surface area contributed by atoms with E-state index in [4.69, 9.17) is 9.72 Å². The first kappa shape index (κ1) is 23.3. The number of thioether (sulfide) groups is 1. The van der Waals surface area contributed by atoms with Crippen molar-refractivity contribution in [2.75, 3.05) is 11.5 Å². The number of rotatable bonds is 9. The molecule has 7 heteroatoms. The normalized spacial score (nSPS) is 11.2. The number of carbonyl (C=O) groups excluding carboxylic acids is 1. The lowest BCUT2D eigenvalue weighted by molar-refractivity contribution is -0.118. The topological polar surface area (TPSA) is 55.3 Å². The number of thiazole rings is 1. The predicted octanol–water partition coefficient (Wildman–Crippen LogP) is 6.37. The highest BCUT2D eigenvalue weighted by Gasteiger charge is 2.22. The third-order valence-corrected chi connectivity index (χ3v) is 6.98. The molecule has 2 heterocycles. The molecule has 2 aromatic carbocycles. The van der Waals surface area contributed by atoms with Crippen LogP contribution in [0.15, 0.2) is 71.9 Å². The van der Waals surface area contributed by atoms with Crippen LogP contribution in [0.5, 0.6) is 5.75 Å². The molecule has 5 nitrogen and oxygen atoms in total. The number of fused-ring (bicyclic) bond motifs is 1. The van der Waals surface area contributed by atoms with Gasteiger partial charge < -0.3 is 4.74 Å². The number of ether oxygens (including phenoxy) is 1. The Kier molecular flexibility index (Phi) is 7.62. The van der Waals surface area contributed by atoms with Gasteiger partial charge >= 0.3 is 0 Å². The summed E-state index contributed by atoms with van der Waals surface area (Å²) in [4.78, 5) is 25.5. The van der Waals surface area contributed by atoms with Crippen LogP contribution in [0, 0.1) is 0 Å². The van der Waals surface area contributed by atoms with E-state index in [2.05, 4.69) is 31.0 Å². The highest BCUT2D eigenvalue weighted by molar-refractivity contribution is 7.99. The first-order valence-corrected chi connectivity index (χ1v) is 12.7. The van der Waals surface area contributed by atoms with Crippen molar-refractivity contribution in [3.05, 3.63) is 78.1 Å². The van der Waals surface area contributed by atoms with Crippen LogP contribution in [0.2, 0.25) is 0 Å². The molecule has 0 aliphatic rings. The summed E-state index contributed by atoms with van der Waals surface area (Å²) in [6, 6.07) is 18.0. The van der Waals surface area contributed by atoms with Gasteiger partial charge in [-0.3, -0.25) is 14.7 Å². The van der Waals surface area contributed by atoms with Crippen LogP contribution in [0.25, 0.3) is 10.2 Å². The second-order valence-corrected chi connectivity index (χ2v) is 10.5. The molecule has 0 unspecified atom stereocenters. The van der Waals surface area contributed by atoms with Crippen LogP contribution < -0.4 is 9.64 Å². The minimum atomic E-state index is 0.000122. The van der Waals surface area contributed by atoms with Gasteiger partial charge in [-0.15, -0.1) is 11.8 Å². The first-order valence-electron chi connectivity index (χ1n) is 11.0. The van der Waals surface area contributed by atoms with Crippen LogP contribution in [0.3, 0.4) is 0 Å². The smallest absolute Gasteiger partial charge is 0.233 e. The lowest BCUT2D eigenvalue weighted by Gasteiger charge is -2.20. The van der Waals surface area contributed by atoms with E-state index in [-0.39, 0.29) is 5.91 Å². The third kappa shape index (κ3) is 5.92. The third-order valence-electron chi connectivity index (χ3n) is 4.92. The van der Waals surface area contributed by atoms with Gasteiger partial charge in [-0.2, -0.15) is 0 Å². The molecule has 2 aromatic heterocycles. The second kappa shape index (κ2) is 10.8. The summed E-state index contributed by atoms with van der Waals surface area (Å²) in [5.41, 5.74) is 2.73. The average molecular weight is 478 g/mol. The van der Waals surface area contributed by atoms with Gasteiger partial charge in [-0.25, -0.2) is 4.98 Å². The first-order chi connectivity index (χ1) is 16.0. The van der Waals surface area contributed by atoms with Crippen LogP contribution in [0.1, 0.15) is 31.9 Å². The van der Waals surface area contributed by atoms with Gasteiger partial charge in [0, 0.05) is 22.5 Å². The van der Waals surface area contributed by atoms with Crippen LogP contribution >= 0.6 is 23.1 Å². The van der Waals surface area contributed by atoms with Gasteiger partial charge in [0.25, 0.3) is 0 Å². The SMILES string of the molecule is CCOc1cccc2sc(N(Cc3cccnc3)C(=O)Cc3ccc(SC(C)C)cc3)nc12. The van der Waals surface area contributed by atoms with Crippen molar-refractivity contribution < 1.29 is 9.53 Å². The molecule has 4 rings (SSSR count). The summed E-state index contributed by atoms with van der Waals surface area (Å²) in [5, 5.41) is 1.19. The standard InChI is InChI=1S/C26H27N3O2S2/c1-4-31-22-8-5-9-23-25(22)28-26(33-23)29(17-20-7-6-14-27-16-20)24(30)15-19-10-12-21(13-11-19)32-18(2)3/h5-14,16,18H,4,15,17H2,1-3H3. The largest absolute Gasteiger partial charge is 0.492 e. The number of amides is 1. The number of hydrogen-bond acceptors (Lipinski definition) is 6. The Bertz CT molecular complexity index is 1210. The number of hydrogen-bond donors (Lipinski definition) is 0. The lowest BCUT2D eigenvalue weighted by Crippen LogP contribution is -2.31. The van der Waals surface area contributed by atoms with E-state index in [0.717, 1.165) is 27.1 Å². The molecule has 4 aromatic rings. The fourth-order valence-corrected chi connectivity index (χ4v) is 5.30. The quantitative estimate of drug-likeness (QED) is 0.262. The average Bonchev–Trinajstić information content (AvgIpc) is 3.24. The Labute approximate surface area is 202 Å². The van der Waals surface area contributed by atoms with Gasteiger partial charge in [0.05, 0.1) is 24.3 Å². The van der Waals surface area contributed by atoms with Crippen LogP contribution in [0.4, 0.5) is 5.13 Å². The van der Waals surface area contributed by atoms with E-state index in [1.54, 1.807) is 17.3 Å². The molecule has 0 bridgehead atoms. The fourth-order valence-electron chi connectivity index (χ4n) is 3.46. The van der Waals surface area contributed by atoms with Crippen molar-refractivity contribution in [2.24, 2.45) is 0 Å². The molecule has 1 amide bonds. The molecule has 0 atom stereocenters. The van der Waals surface area contributed by atoms with Gasteiger partial charge in [0.2, 0.25) is 5.91 Å². The van der Waals surface area contributed by atoms with E-state index in [9.17, 15) is 4.79 Å². The molecule has 0 N–H and O–H groups in total. The molecule has 170 valence electrons. The van der Waals surface area contributed by atoms with E-state index in [0.29, 0.717) is 30.0 Å². The van der Waals surface area contributed by atoms with Crippen molar-refractivity contribution in [3.8, 4) is 5.75 Å². The van der Waals surface area contributed by atoms with Crippen LogP contribution in [-0.4, -0.2) is 27.7 Å². The van der Waals surface area contributed by atoms with E-state index >= 15 is 0 Å². The summed E-state index contributed by atoms with van der Waals surface area (Å²) >= 11 is 3.32. The number of anilines is 1. The van der Waals surface area contributed by atoms with Crippen molar-refractivity contribution >= 4 is 44.4 Å². The molecular weight excluding hydrogens is 450 g/mol. The maximum Gasteiger partial charge on any atom is 0.233 e. The van der Waals surface area contributed by atoms with Crippen molar-refractivity contribution in [1.29, 1.82) is 0 Å². The zero-order chi connectivity index (χ0) is 23.2. The molecular formula is C26H27N3O2S2. The molecule has 0 aliphatic carbocycles. The molecule has 33 heavy (non-hydrogen) atoms. The van der Waals surface area contributed by atoms with Crippen LogP contribution in [-0.2, 0) is 17.8 Å². The zero-order valence-corrected chi connectivity index (χ0v) is 20.7. The van der Waals surface area contributed by atoms with E-state index in [1.165, 1.54) is 16.2 Å². The molecule has 0 aliphatic heterocycles. The number of carbonyl (C=O) groups is 1. The summed E-state index contributed by atoms with van der Waals surface area (Å²) in [6.45, 7) is 7.28. The van der Waals surface area contributed by atoms with Gasteiger partial charge in [-0.1, -0.05) is 49.4 Å². The summed E-state index contributed by atoms with van der Waals surface area (Å²) in [7, 11) is 0. The van der Waals surface area contributed by atoms with Gasteiger partial charge in [0.1, 0.15) is 11.3 Å². The van der Waals surface area contributed by atoms with Crippen molar-refractivity contribution in [3.63, 3.8) is 0 Å². The summed E-state index contributed by atoms with van der Waals surface area (Å²) in [5.74, 6) is 0.740. The minimum Gasteiger partial charge on any atom is -0.492 e. The van der Waals surface area contributed by atoms with Crippen molar-refractivity contribution in [1.82, 2.24) is 9.97 Å². The maximum atomic E-state index is 13.5. The number of para-hydroxylation sites is 1.